The molecular formula is C18H19N5S2. The Bertz CT molecular complexity index is 925. The van der Waals surface area contributed by atoms with Crippen molar-refractivity contribution in [2.75, 3.05) is 18.4 Å². The van der Waals surface area contributed by atoms with Crippen molar-refractivity contribution in [1.29, 1.82) is 0 Å². The number of thiazole rings is 2. The smallest absolute Gasteiger partial charge is 0.197 e. The highest BCUT2D eigenvalue weighted by Crippen LogP contribution is 2.32. The van der Waals surface area contributed by atoms with E-state index in [1.165, 1.54) is 16.7 Å². The average molecular weight is 370 g/mol. The first-order valence-electron chi connectivity index (χ1n) is 8.24. The maximum Gasteiger partial charge on any atom is 0.197 e. The first kappa shape index (κ1) is 16.2. The van der Waals surface area contributed by atoms with E-state index in [2.05, 4.69) is 58.0 Å². The van der Waals surface area contributed by atoms with Crippen LogP contribution in [0.2, 0.25) is 0 Å². The van der Waals surface area contributed by atoms with E-state index in [-0.39, 0.29) is 0 Å². The van der Waals surface area contributed by atoms with Crippen LogP contribution in [0.5, 0.6) is 0 Å². The number of aryl methyl sites for hydroxylation is 1. The number of aromatic nitrogens is 2. The standard InChI is InChI=1S/C18H19N5S2/c1-11-5-3-6-13(12(11)2)16-21-14(9-24-16)15-10-25-18(22-15)23-17-19-7-4-8-20-17/h3,5-6,9-10H,4,7-8H2,1-2H3,(H2,19,20,22,23). The molecule has 0 fully saturated rings. The lowest BCUT2D eigenvalue weighted by molar-refractivity contribution is 0.740. The van der Waals surface area contributed by atoms with E-state index in [0.29, 0.717) is 0 Å². The highest BCUT2D eigenvalue weighted by Gasteiger charge is 2.13. The van der Waals surface area contributed by atoms with Crippen molar-refractivity contribution in [1.82, 2.24) is 15.3 Å². The van der Waals surface area contributed by atoms with Crippen molar-refractivity contribution in [3.8, 4) is 22.0 Å². The van der Waals surface area contributed by atoms with Crippen LogP contribution in [0.3, 0.4) is 0 Å². The van der Waals surface area contributed by atoms with Crippen LogP contribution in [0.4, 0.5) is 5.13 Å². The fourth-order valence-electron chi connectivity index (χ4n) is 2.66. The summed E-state index contributed by atoms with van der Waals surface area (Å²) in [6.07, 6.45) is 1.08. The molecule has 0 bridgehead atoms. The largest absolute Gasteiger partial charge is 0.356 e. The Labute approximate surface area is 154 Å². The van der Waals surface area contributed by atoms with E-state index in [1.807, 2.05) is 5.38 Å². The predicted octanol–water partition coefficient (Wildman–Crippen LogP) is 4.31. The second kappa shape index (κ2) is 6.93. The normalized spacial score (nSPS) is 14.1. The summed E-state index contributed by atoms with van der Waals surface area (Å²) in [7, 11) is 0. The number of benzene rings is 1. The molecule has 0 unspecified atom stereocenters. The second-order valence-electron chi connectivity index (χ2n) is 5.96. The van der Waals surface area contributed by atoms with E-state index in [9.17, 15) is 0 Å². The first-order valence-corrected chi connectivity index (χ1v) is 10.00. The molecule has 2 aromatic heterocycles. The van der Waals surface area contributed by atoms with E-state index in [4.69, 9.17) is 4.98 Å². The molecule has 4 rings (SSSR count). The zero-order valence-corrected chi connectivity index (χ0v) is 15.8. The Kier molecular flexibility index (Phi) is 4.50. The molecule has 0 atom stereocenters. The Morgan fingerprint density at radius 3 is 2.76 bits per heavy atom. The molecule has 5 nitrogen and oxygen atoms in total. The molecule has 0 radical (unpaired) electrons. The van der Waals surface area contributed by atoms with Crippen LogP contribution in [-0.2, 0) is 0 Å². The van der Waals surface area contributed by atoms with Crippen molar-refractivity contribution < 1.29 is 0 Å². The van der Waals surface area contributed by atoms with Crippen LogP contribution < -0.4 is 10.6 Å². The summed E-state index contributed by atoms with van der Waals surface area (Å²) in [5.41, 5.74) is 5.59. The maximum atomic E-state index is 4.80. The van der Waals surface area contributed by atoms with Gasteiger partial charge >= 0.3 is 0 Å². The number of nitrogens with one attached hydrogen (secondary N) is 2. The SMILES string of the molecule is Cc1cccc(-c2nc(-c3csc(NC4=NCCCN4)n3)cs2)c1C. The first-order chi connectivity index (χ1) is 12.2. The Balaban J connectivity index is 1.56. The molecule has 0 saturated carbocycles. The molecule has 0 spiro atoms. The monoisotopic (exact) mass is 369 g/mol. The number of hydrogen-bond donors (Lipinski definition) is 2. The highest BCUT2D eigenvalue weighted by atomic mass is 32.1. The van der Waals surface area contributed by atoms with Gasteiger partial charge in [0.15, 0.2) is 11.1 Å². The predicted molar refractivity (Wildman–Crippen MR) is 107 cm³/mol. The van der Waals surface area contributed by atoms with Crippen molar-refractivity contribution >= 4 is 33.8 Å². The second-order valence-corrected chi connectivity index (χ2v) is 7.68. The topological polar surface area (TPSA) is 62.2 Å². The molecular weight excluding hydrogens is 350 g/mol. The van der Waals surface area contributed by atoms with Crippen molar-refractivity contribution in [2.45, 2.75) is 20.3 Å². The molecule has 1 aliphatic rings. The average Bonchev–Trinajstić information content (AvgIpc) is 3.28. The molecule has 7 heteroatoms. The number of guanidine groups is 1. The van der Waals surface area contributed by atoms with E-state index < -0.39 is 0 Å². The van der Waals surface area contributed by atoms with Gasteiger partial charge in [0.25, 0.3) is 0 Å². The lowest BCUT2D eigenvalue weighted by Crippen LogP contribution is -2.35. The zero-order valence-electron chi connectivity index (χ0n) is 14.2. The van der Waals surface area contributed by atoms with Crippen LogP contribution in [0.25, 0.3) is 22.0 Å². The molecule has 1 aromatic carbocycles. The van der Waals surface area contributed by atoms with Crippen molar-refractivity contribution in [3.63, 3.8) is 0 Å². The van der Waals surface area contributed by atoms with Gasteiger partial charge in [0, 0.05) is 29.4 Å². The summed E-state index contributed by atoms with van der Waals surface area (Å²) in [4.78, 5) is 13.9. The number of rotatable bonds is 3. The van der Waals surface area contributed by atoms with Gasteiger partial charge in [-0.05, 0) is 31.4 Å². The van der Waals surface area contributed by atoms with Crippen LogP contribution in [-0.4, -0.2) is 29.0 Å². The van der Waals surface area contributed by atoms with Gasteiger partial charge in [-0.25, -0.2) is 9.97 Å². The van der Waals surface area contributed by atoms with Gasteiger partial charge in [-0.2, -0.15) is 0 Å². The summed E-state index contributed by atoms with van der Waals surface area (Å²) >= 11 is 3.23. The molecule has 3 aromatic rings. The molecule has 2 N–H and O–H groups in total. The third-order valence-electron chi connectivity index (χ3n) is 4.23. The summed E-state index contributed by atoms with van der Waals surface area (Å²) in [6, 6.07) is 6.35. The summed E-state index contributed by atoms with van der Waals surface area (Å²) in [5.74, 6) is 0.807. The summed E-state index contributed by atoms with van der Waals surface area (Å²) in [5, 5.41) is 12.5. The zero-order chi connectivity index (χ0) is 17.2. The fourth-order valence-corrected chi connectivity index (χ4v) is 4.26. The third-order valence-corrected chi connectivity index (χ3v) is 5.86. The van der Waals surface area contributed by atoms with Crippen LogP contribution >= 0.6 is 22.7 Å². The van der Waals surface area contributed by atoms with Crippen LogP contribution in [0.1, 0.15) is 17.5 Å². The molecule has 3 heterocycles. The van der Waals surface area contributed by atoms with Gasteiger partial charge in [-0.3, -0.25) is 4.99 Å². The quantitative estimate of drug-likeness (QED) is 0.722. The molecule has 0 amide bonds. The van der Waals surface area contributed by atoms with Crippen LogP contribution in [0.15, 0.2) is 34.0 Å². The maximum absolute atomic E-state index is 4.80. The summed E-state index contributed by atoms with van der Waals surface area (Å²) < 4.78 is 0. The van der Waals surface area contributed by atoms with Gasteiger partial charge in [0.2, 0.25) is 0 Å². The Morgan fingerprint density at radius 1 is 1.08 bits per heavy atom. The van der Waals surface area contributed by atoms with Gasteiger partial charge in [-0.1, -0.05) is 18.2 Å². The molecule has 128 valence electrons. The molecule has 0 saturated heterocycles. The van der Waals surface area contributed by atoms with Gasteiger partial charge in [0.1, 0.15) is 16.4 Å². The van der Waals surface area contributed by atoms with Crippen LogP contribution in [0, 0.1) is 13.8 Å². The van der Waals surface area contributed by atoms with E-state index in [0.717, 1.165) is 47.0 Å². The van der Waals surface area contributed by atoms with Crippen molar-refractivity contribution in [3.05, 3.63) is 40.1 Å². The van der Waals surface area contributed by atoms with E-state index >= 15 is 0 Å². The Morgan fingerprint density at radius 2 is 1.92 bits per heavy atom. The van der Waals surface area contributed by atoms with E-state index in [1.54, 1.807) is 22.7 Å². The minimum atomic E-state index is 0.807. The third kappa shape index (κ3) is 3.43. The van der Waals surface area contributed by atoms with Gasteiger partial charge in [-0.15, -0.1) is 22.7 Å². The lowest BCUT2D eigenvalue weighted by Gasteiger charge is -2.13. The number of nitrogens with zero attached hydrogens (tertiary/aromatic N) is 3. The minimum Gasteiger partial charge on any atom is -0.356 e. The number of aliphatic imine (C=N–C) groups is 1. The van der Waals surface area contributed by atoms with Gasteiger partial charge in [0.05, 0.1) is 0 Å². The summed E-state index contributed by atoms with van der Waals surface area (Å²) in [6.45, 7) is 6.09. The molecule has 1 aliphatic heterocycles. The number of hydrogen-bond acceptors (Lipinski definition) is 7. The number of anilines is 1. The molecule has 25 heavy (non-hydrogen) atoms. The van der Waals surface area contributed by atoms with Gasteiger partial charge < -0.3 is 10.6 Å². The lowest BCUT2D eigenvalue weighted by atomic mass is 10.0. The molecule has 0 aliphatic carbocycles. The highest BCUT2D eigenvalue weighted by molar-refractivity contribution is 7.14. The Hall–Kier alpha value is -2.25. The fraction of sp³-hybridized carbons (Fsp3) is 0.278. The van der Waals surface area contributed by atoms with Crippen molar-refractivity contribution in [2.24, 2.45) is 4.99 Å². The minimum absolute atomic E-state index is 0.807.